The Morgan fingerprint density at radius 2 is 2.10 bits per heavy atom. The second kappa shape index (κ2) is 6.59. The van der Waals surface area contributed by atoms with Crippen LogP contribution in [0.5, 0.6) is 5.75 Å². The fraction of sp³-hybridized carbons (Fsp3) is 0.647. The average molecular weight is 275 g/mol. The van der Waals surface area contributed by atoms with E-state index in [1.165, 1.54) is 30.4 Å². The van der Waals surface area contributed by atoms with Crippen molar-refractivity contribution in [3.63, 3.8) is 0 Å². The molecule has 1 atom stereocenters. The van der Waals surface area contributed by atoms with Gasteiger partial charge in [0.1, 0.15) is 5.75 Å². The lowest BCUT2D eigenvalue weighted by Gasteiger charge is -2.30. The molecule has 0 bridgehead atoms. The molecule has 0 amide bonds. The molecule has 0 aromatic heterocycles. The van der Waals surface area contributed by atoms with E-state index in [1.54, 1.807) is 0 Å². The molecule has 3 nitrogen and oxygen atoms in total. The van der Waals surface area contributed by atoms with E-state index in [2.05, 4.69) is 30.6 Å². The third kappa shape index (κ3) is 3.15. The van der Waals surface area contributed by atoms with Gasteiger partial charge in [-0.3, -0.25) is 0 Å². The van der Waals surface area contributed by atoms with Crippen LogP contribution in [0.4, 0.5) is 0 Å². The van der Waals surface area contributed by atoms with Gasteiger partial charge in [0.2, 0.25) is 0 Å². The van der Waals surface area contributed by atoms with Crippen molar-refractivity contribution in [2.45, 2.75) is 38.1 Å². The van der Waals surface area contributed by atoms with Crippen LogP contribution in [-0.4, -0.2) is 32.9 Å². The molecule has 1 saturated heterocycles. The van der Waals surface area contributed by atoms with Crippen LogP contribution < -0.4 is 10.1 Å². The van der Waals surface area contributed by atoms with Crippen LogP contribution >= 0.6 is 0 Å². The van der Waals surface area contributed by atoms with Crippen LogP contribution in [0.15, 0.2) is 18.2 Å². The summed E-state index contributed by atoms with van der Waals surface area (Å²) >= 11 is 0. The Morgan fingerprint density at radius 3 is 2.90 bits per heavy atom. The lowest BCUT2D eigenvalue weighted by molar-refractivity contribution is 0.0537. The average Bonchev–Trinajstić information content (AvgIpc) is 2.96. The van der Waals surface area contributed by atoms with Crippen molar-refractivity contribution in [2.24, 2.45) is 5.92 Å². The first-order valence-electron chi connectivity index (χ1n) is 7.86. The predicted molar refractivity (Wildman–Crippen MR) is 80.4 cm³/mol. The highest BCUT2D eigenvalue weighted by atomic mass is 16.5. The van der Waals surface area contributed by atoms with Crippen LogP contribution in [-0.2, 0) is 17.6 Å². The highest BCUT2D eigenvalue weighted by Crippen LogP contribution is 2.27. The zero-order chi connectivity index (χ0) is 13.8. The zero-order valence-corrected chi connectivity index (χ0v) is 12.4. The van der Waals surface area contributed by atoms with Crippen molar-refractivity contribution in [2.75, 3.05) is 26.9 Å². The Morgan fingerprint density at radius 1 is 1.25 bits per heavy atom. The van der Waals surface area contributed by atoms with Crippen LogP contribution in [0.25, 0.3) is 0 Å². The van der Waals surface area contributed by atoms with Gasteiger partial charge < -0.3 is 14.8 Å². The van der Waals surface area contributed by atoms with E-state index in [4.69, 9.17) is 9.47 Å². The molecule has 1 aromatic carbocycles. The minimum absolute atomic E-state index is 0.614. The minimum atomic E-state index is 0.614. The van der Waals surface area contributed by atoms with Gasteiger partial charge in [-0.1, -0.05) is 12.1 Å². The summed E-state index contributed by atoms with van der Waals surface area (Å²) in [5.41, 5.74) is 2.83. The van der Waals surface area contributed by atoms with Gasteiger partial charge in [-0.05, 0) is 55.8 Å². The van der Waals surface area contributed by atoms with Crippen molar-refractivity contribution in [3.05, 3.63) is 29.3 Å². The summed E-state index contributed by atoms with van der Waals surface area (Å²) in [6.45, 7) is 2.71. The largest absolute Gasteiger partial charge is 0.493 e. The van der Waals surface area contributed by atoms with Crippen molar-refractivity contribution >= 4 is 0 Å². The topological polar surface area (TPSA) is 30.5 Å². The molecule has 20 heavy (non-hydrogen) atoms. The molecule has 0 radical (unpaired) electrons. The summed E-state index contributed by atoms with van der Waals surface area (Å²) in [6.07, 6.45) is 5.82. The Kier molecular flexibility index (Phi) is 4.58. The second-order valence-electron chi connectivity index (χ2n) is 5.92. The van der Waals surface area contributed by atoms with E-state index in [0.717, 1.165) is 44.3 Å². The first-order valence-corrected chi connectivity index (χ1v) is 7.86. The highest BCUT2D eigenvalue weighted by molar-refractivity contribution is 5.39. The summed E-state index contributed by atoms with van der Waals surface area (Å²) in [5, 5.41) is 3.51. The Labute approximate surface area is 121 Å². The molecule has 2 aliphatic rings. The van der Waals surface area contributed by atoms with Crippen LogP contribution in [0.3, 0.4) is 0 Å². The van der Waals surface area contributed by atoms with Crippen LogP contribution in [0, 0.1) is 5.92 Å². The number of nitrogens with one attached hydrogen (secondary N) is 1. The molecule has 2 aliphatic heterocycles. The summed E-state index contributed by atoms with van der Waals surface area (Å²) in [4.78, 5) is 0. The molecule has 1 aromatic rings. The number of aryl methyl sites for hydroxylation is 1. The van der Waals surface area contributed by atoms with Gasteiger partial charge in [-0.15, -0.1) is 0 Å². The van der Waals surface area contributed by atoms with Crippen LogP contribution in [0.2, 0.25) is 0 Å². The maximum atomic E-state index is 5.57. The molecule has 1 fully saturated rings. The number of hydrogen-bond donors (Lipinski definition) is 1. The van der Waals surface area contributed by atoms with Gasteiger partial charge in [0.25, 0.3) is 0 Å². The molecule has 1 unspecified atom stereocenters. The maximum absolute atomic E-state index is 5.57. The number of benzene rings is 1. The fourth-order valence-corrected chi connectivity index (χ4v) is 3.45. The Hall–Kier alpha value is -1.06. The molecule has 110 valence electrons. The summed E-state index contributed by atoms with van der Waals surface area (Å²) in [6, 6.07) is 7.31. The van der Waals surface area contributed by atoms with E-state index in [0.29, 0.717) is 6.04 Å². The number of ether oxygens (including phenoxy) is 2. The SMILES string of the molecule is CNC(CCc1ccc2c(c1)CCO2)C1CCOCC1. The molecule has 3 rings (SSSR count). The maximum Gasteiger partial charge on any atom is 0.122 e. The summed E-state index contributed by atoms with van der Waals surface area (Å²) < 4.78 is 11.0. The third-order valence-corrected chi connectivity index (χ3v) is 4.70. The lowest BCUT2D eigenvalue weighted by Crippen LogP contribution is -2.37. The molecular formula is C17H25NO2. The minimum Gasteiger partial charge on any atom is -0.493 e. The van der Waals surface area contributed by atoms with Crippen molar-refractivity contribution < 1.29 is 9.47 Å². The van der Waals surface area contributed by atoms with Crippen molar-refractivity contribution in [3.8, 4) is 5.75 Å². The van der Waals surface area contributed by atoms with E-state index >= 15 is 0 Å². The van der Waals surface area contributed by atoms with E-state index < -0.39 is 0 Å². The molecular weight excluding hydrogens is 250 g/mol. The van der Waals surface area contributed by atoms with Gasteiger partial charge >= 0.3 is 0 Å². The third-order valence-electron chi connectivity index (χ3n) is 4.70. The molecule has 1 N–H and O–H groups in total. The molecule has 3 heteroatoms. The fourth-order valence-electron chi connectivity index (χ4n) is 3.45. The van der Waals surface area contributed by atoms with Gasteiger partial charge in [0, 0.05) is 25.7 Å². The number of hydrogen-bond acceptors (Lipinski definition) is 3. The molecule has 2 heterocycles. The van der Waals surface area contributed by atoms with Crippen molar-refractivity contribution in [1.82, 2.24) is 5.32 Å². The second-order valence-corrected chi connectivity index (χ2v) is 5.92. The predicted octanol–water partition coefficient (Wildman–Crippen LogP) is 2.57. The van der Waals surface area contributed by atoms with Gasteiger partial charge in [0.15, 0.2) is 0 Å². The van der Waals surface area contributed by atoms with E-state index in [-0.39, 0.29) is 0 Å². The van der Waals surface area contributed by atoms with E-state index in [1.807, 2.05) is 0 Å². The normalized spacial score (nSPS) is 20.4. The first-order chi connectivity index (χ1) is 9.86. The molecule has 0 aliphatic carbocycles. The van der Waals surface area contributed by atoms with Crippen LogP contribution in [0.1, 0.15) is 30.4 Å². The summed E-state index contributed by atoms with van der Waals surface area (Å²) in [5.74, 6) is 1.86. The lowest BCUT2D eigenvalue weighted by atomic mass is 9.88. The standard InChI is InChI=1S/C17H25NO2/c1-18-16(14-6-9-19-10-7-14)4-2-13-3-5-17-15(12-13)8-11-20-17/h3,5,12,14,16,18H,2,4,6-11H2,1H3. The quantitative estimate of drug-likeness (QED) is 0.896. The van der Waals surface area contributed by atoms with Gasteiger partial charge in [-0.25, -0.2) is 0 Å². The molecule has 0 spiro atoms. The smallest absolute Gasteiger partial charge is 0.122 e. The molecule has 0 saturated carbocycles. The van der Waals surface area contributed by atoms with E-state index in [9.17, 15) is 0 Å². The van der Waals surface area contributed by atoms with Crippen molar-refractivity contribution in [1.29, 1.82) is 0 Å². The number of rotatable bonds is 5. The monoisotopic (exact) mass is 275 g/mol. The van der Waals surface area contributed by atoms with Gasteiger partial charge in [0.05, 0.1) is 6.61 Å². The van der Waals surface area contributed by atoms with Gasteiger partial charge in [-0.2, -0.15) is 0 Å². The highest BCUT2D eigenvalue weighted by Gasteiger charge is 2.22. The summed E-state index contributed by atoms with van der Waals surface area (Å²) in [7, 11) is 2.09. The Balaban J connectivity index is 1.57. The first kappa shape index (κ1) is 13.9. The Bertz CT molecular complexity index is 441. The zero-order valence-electron chi connectivity index (χ0n) is 12.4. The number of fused-ring (bicyclic) bond motifs is 1.